The van der Waals surface area contributed by atoms with Gasteiger partial charge in [0.05, 0.1) is 5.69 Å². The first-order chi connectivity index (χ1) is 14.1. The van der Waals surface area contributed by atoms with Gasteiger partial charge in [-0.1, -0.05) is 24.3 Å². The minimum Gasteiger partial charge on any atom is -0.366 e. The van der Waals surface area contributed by atoms with Crippen LogP contribution in [0.1, 0.15) is 22.8 Å². The monoisotopic (exact) mass is 397 g/mol. The van der Waals surface area contributed by atoms with E-state index in [1.807, 2.05) is 43.3 Å². The van der Waals surface area contributed by atoms with Crippen molar-refractivity contribution in [1.82, 2.24) is 15.5 Å². The van der Waals surface area contributed by atoms with E-state index in [1.165, 1.54) is 6.07 Å². The lowest BCUT2D eigenvalue weighted by Gasteiger charge is -2.37. The fourth-order valence-electron chi connectivity index (χ4n) is 3.42. The molecule has 0 spiro atoms. The fraction of sp³-hybridized carbons (Fsp3) is 0.364. The second-order valence-corrected chi connectivity index (χ2v) is 6.88. The summed E-state index contributed by atoms with van der Waals surface area (Å²) in [5.74, 6) is 0.584. The van der Waals surface area contributed by atoms with Crippen molar-refractivity contribution in [3.63, 3.8) is 0 Å². The summed E-state index contributed by atoms with van der Waals surface area (Å²) in [6.45, 7) is 6.15. The Morgan fingerprint density at radius 3 is 2.34 bits per heavy atom. The maximum Gasteiger partial charge on any atom is 0.251 e. The van der Waals surface area contributed by atoms with Crippen LogP contribution < -0.4 is 15.5 Å². The number of carbonyl (C=O) groups excluding carboxylic acids is 1. The Labute approximate surface area is 171 Å². The fourth-order valence-corrected chi connectivity index (χ4v) is 3.42. The van der Waals surface area contributed by atoms with Crippen molar-refractivity contribution < 1.29 is 9.18 Å². The van der Waals surface area contributed by atoms with E-state index in [0.717, 1.165) is 37.7 Å². The molecule has 1 saturated heterocycles. The van der Waals surface area contributed by atoms with Crippen LogP contribution in [0.5, 0.6) is 0 Å². The molecule has 1 fully saturated rings. The molecule has 2 aromatic carbocycles. The van der Waals surface area contributed by atoms with E-state index in [9.17, 15) is 9.18 Å². The molecule has 29 heavy (non-hydrogen) atoms. The molecule has 6 nitrogen and oxygen atoms in total. The molecule has 0 atom stereocenters. The first-order valence-electron chi connectivity index (χ1n) is 9.94. The number of amides is 1. The molecule has 2 N–H and O–H groups in total. The number of benzene rings is 2. The predicted molar refractivity (Wildman–Crippen MR) is 115 cm³/mol. The molecule has 0 aliphatic carbocycles. The summed E-state index contributed by atoms with van der Waals surface area (Å²) in [5.41, 5.74) is 2.38. The topological polar surface area (TPSA) is 60.0 Å². The van der Waals surface area contributed by atoms with Gasteiger partial charge in [0.2, 0.25) is 0 Å². The highest BCUT2D eigenvalue weighted by Gasteiger charge is 2.21. The van der Waals surface area contributed by atoms with Crippen LogP contribution in [0.4, 0.5) is 10.1 Å². The second kappa shape index (κ2) is 9.91. The lowest BCUT2D eigenvalue weighted by atomic mass is 10.1. The van der Waals surface area contributed by atoms with E-state index in [2.05, 4.69) is 25.4 Å². The molecule has 7 heteroatoms. The zero-order chi connectivity index (χ0) is 20.6. The number of hydrogen-bond donors (Lipinski definition) is 2. The highest BCUT2D eigenvalue weighted by molar-refractivity contribution is 5.94. The summed E-state index contributed by atoms with van der Waals surface area (Å²) in [5, 5.41) is 6.17. The van der Waals surface area contributed by atoms with Gasteiger partial charge in [0.25, 0.3) is 5.91 Å². The molecular weight excluding hydrogens is 369 g/mol. The van der Waals surface area contributed by atoms with Crippen LogP contribution in [0.2, 0.25) is 0 Å². The number of anilines is 1. The van der Waals surface area contributed by atoms with Crippen molar-refractivity contribution in [1.29, 1.82) is 0 Å². The molecule has 1 heterocycles. The predicted octanol–water partition coefficient (Wildman–Crippen LogP) is 2.47. The lowest BCUT2D eigenvalue weighted by molar-refractivity contribution is 0.0956. The number of rotatable bonds is 5. The Kier molecular flexibility index (Phi) is 7.05. The van der Waals surface area contributed by atoms with Crippen LogP contribution in [-0.4, -0.2) is 56.5 Å². The Morgan fingerprint density at radius 2 is 1.72 bits per heavy atom. The minimum atomic E-state index is -0.181. The molecule has 2 aromatic rings. The van der Waals surface area contributed by atoms with Crippen molar-refractivity contribution in [2.75, 3.05) is 44.7 Å². The summed E-state index contributed by atoms with van der Waals surface area (Å²) < 4.78 is 14.0. The standard InChI is InChI=1S/C22H28FN5O/c1-3-25-21(29)18-10-8-17(9-11-18)16-26-22(24-2)28-14-12-27(13-15-28)20-7-5-4-6-19(20)23/h4-11H,3,12-16H2,1-2H3,(H,24,26)(H,25,29). The third-order valence-corrected chi connectivity index (χ3v) is 4.99. The van der Waals surface area contributed by atoms with Gasteiger partial charge in [-0.05, 0) is 36.8 Å². The molecule has 0 unspecified atom stereocenters. The Balaban J connectivity index is 1.52. The molecule has 0 aromatic heterocycles. The van der Waals surface area contributed by atoms with Crippen molar-refractivity contribution in [2.45, 2.75) is 13.5 Å². The van der Waals surface area contributed by atoms with E-state index in [0.29, 0.717) is 24.3 Å². The summed E-state index contributed by atoms with van der Waals surface area (Å²) in [7, 11) is 1.77. The highest BCUT2D eigenvalue weighted by atomic mass is 19.1. The van der Waals surface area contributed by atoms with E-state index in [4.69, 9.17) is 0 Å². The highest BCUT2D eigenvalue weighted by Crippen LogP contribution is 2.20. The van der Waals surface area contributed by atoms with Gasteiger partial charge in [-0.2, -0.15) is 0 Å². The molecule has 1 aliphatic rings. The van der Waals surface area contributed by atoms with E-state index in [-0.39, 0.29) is 11.7 Å². The van der Waals surface area contributed by atoms with Crippen molar-refractivity contribution >= 4 is 17.6 Å². The van der Waals surface area contributed by atoms with Crippen LogP contribution in [-0.2, 0) is 6.54 Å². The third-order valence-electron chi connectivity index (χ3n) is 4.99. The maximum atomic E-state index is 14.0. The molecule has 3 rings (SSSR count). The zero-order valence-corrected chi connectivity index (χ0v) is 17.0. The van der Waals surface area contributed by atoms with Crippen molar-refractivity contribution in [3.05, 3.63) is 65.5 Å². The number of nitrogens with zero attached hydrogens (tertiary/aromatic N) is 3. The van der Waals surface area contributed by atoms with Crippen molar-refractivity contribution in [2.24, 2.45) is 4.99 Å². The van der Waals surface area contributed by atoms with Gasteiger partial charge in [-0.25, -0.2) is 4.39 Å². The minimum absolute atomic E-state index is 0.0597. The first-order valence-corrected chi connectivity index (χ1v) is 9.94. The van der Waals surface area contributed by atoms with Crippen LogP contribution in [0, 0.1) is 5.82 Å². The smallest absolute Gasteiger partial charge is 0.251 e. The van der Waals surface area contributed by atoms with Crippen LogP contribution in [0.3, 0.4) is 0 Å². The van der Waals surface area contributed by atoms with Gasteiger partial charge in [0, 0.05) is 51.9 Å². The average molecular weight is 397 g/mol. The summed E-state index contributed by atoms with van der Waals surface area (Å²) in [6.07, 6.45) is 0. The largest absolute Gasteiger partial charge is 0.366 e. The molecule has 1 amide bonds. The van der Waals surface area contributed by atoms with Gasteiger partial charge in [-0.15, -0.1) is 0 Å². The van der Waals surface area contributed by atoms with Gasteiger partial charge >= 0.3 is 0 Å². The van der Waals surface area contributed by atoms with E-state index < -0.39 is 0 Å². The summed E-state index contributed by atoms with van der Waals surface area (Å²) in [6, 6.07) is 14.5. The Morgan fingerprint density at radius 1 is 1.03 bits per heavy atom. The maximum absolute atomic E-state index is 14.0. The lowest BCUT2D eigenvalue weighted by Crippen LogP contribution is -2.52. The second-order valence-electron chi connectivity index (χ2n) is 6.88. The van der Waals surface area contributed by atoms with Gasteiger partial charge in [-0.3, -0.25) is 9.79 Å². The molecule has 0 bridgehead atoms. The van der Waals surface area contributed by atoms with Crippen LogP contribution in [0.25, 0.3) is 0 Å². The zero-order valence-electron chi connectivity index (χ0n) is 17.0. The first kappa shape index (κ1) is 20.6. The van der Waals surface area contributed by atoms with Crippen LogP contribution >= 0.6 is 0 Å². The number of piperazine rings is 1. The molecule has 154 valence electrons. The Hall–Kier alpha value is -3.09. The molecule has 0 saturated carbocycles. The number of halogens is 1. The summed E-state index contributed by atoms with van der Waals surface area (Å²) in [4.78, 5) is 20.5. The van der Waals surface area contributed by atoms with Gasteiger partial charge in [0.15, 0.2) is 5.96 Å². The molecular formula is C22H28FN5O. The normalized spacial score (nSPS) is 14.7. The van der Waals surface area contributed by atoms with Gasteiger partial charge < -0.3 is 20.4 Å². The SMILES string of the molecule is CCNC(=O)c1ccc(CNC(=NC)N2CCN(c3ccccc3F)CC2)cc1. The quantitative estimate of drug-likeness (QED) is 0.601. The van der Waals surface area contributed by atoms with Crippen molar-refractivity contribution in [3.8, 4) is 0 Å². The summed E-state index contributed by atoms with van der Waals surface area (Å²) >= 11 is 0. The number of para-hydroxylation sites is 1. The van der Waals surface area contributed by atoms with E-state index >= 15 is 0 Å². The average Bonchev–Trinajstić information content (AvgIpc) is 2.76. The van der Waals surface area contributed by atoms with Crippen LogP contribution in [0.15, 0.2) is 53.5 Å². The number of carbonyl (C=O) groups is 1. The Bertz CT molecular complexity index is 845. The van der Waals surface area contributed by atoms with Gasteiger partial charge in [0.1, 0.15) is 5.82 Å². The number of hydrogen-bond acceptors (Lipinski definition) is 3. The number of guanidine groups is 1. The van der Waals surface area contributed by atoms with E-state index in [1.54, 1.807) is 13.1 Å². The number of nitrogens with one attached hydrogen (secondary N) is 2. The molecule has 0 radical (unpaired) electrons. The third kappa shape index (κ3) is 5.25. The number of aliphatic imine (C=N–C) groups is 1. The molecule has 1 aliphatic heterocycles.